The molecule has 1 aliphatic heterocycles. The Morgan fingerprint density at radius 1 is 1.14 bits per heavy atom. The zero-order valence-corrected chi connectivity index (χ0v) is 15.0. The van der Waals surface area contributed by atoms with E-state index in [1.165, 1.54) is 12.0 Å². The van der Waals surface area contributed by atoms with E-state index in [4.69, 9.17) is 4.74 Å². The van der Waals surface area contributed by atoms with Crippen molar-refractivity contribution in [1.29, 1.82) is 0 Å². The van der Waals surface area contributed by atoms with Crippen LogP contribution in [0.3, 0.4) is 0 Å². The van der Waals surface area contributed by atoms with Crippen LogP contribution in [0.2, 0.25) is 0 Å². The molecule has 0 saturated carbocycles. The lowest BCUT2D eigenvalue weighted by Crippen LogP contribution is -2.42. The highest BCUT2D eigenvalue weighted by molar-refractivity contribution is 5.85. The largest absolute Gasteiger partial charge is 0.357 e. The highest BCUT2D eigenvalue weighted by atomic mass is 35.5. The van der Waals surface area contributed by atoms with Gasteiger partial charge in [-0.05, 0) is 52.6 Å². The zero-order chi connectivity index (χ0) is 15.3. The van der Waals surface area contributed by atoms with Crippen molar-refractivity contribution in [2.24, 2.45) is 0 Å². The summed E-state index contributed by atoms with van der Waals surface area (Å²) in [5.74, 6) is 6.66. The summed E-state index contributed by atoms with van der Waals surface area (Å²) in [6.45, 7) is 8.15. The molecule has 0 aliphatic carbocycles. The number of ether oxygens (including phenoxy) is 1. The lowest BCUT2D eigenvalue weighted by Gasteiger charge is -2.40. The molecular weight excluding hydrogens is 294 g/mol. The SMILES string of the molecule is CN(CC#CC1(C)CCCC(C)(C)O1)Cc1ccccc1.Cl. The smallest absolute Gasteiger partial charge is 0.126 e. The van der Waals surface area contributed by atoms with E-state index in [9.17, 15) is 0 Å². The van der Waals surface area contributed by atoms with Gasteiger partial charge in [0.15, 0.2) is 0 Å². The van der Waals surface area contributed by atoms with Crippen molar-refractivity contribution in [2.45, 2.75) is 57.8 Å². The van der Waals surface area contributed by atoms with E-state index in [-0.39, 0.29) is 23.6 Å². The van der Waals surface area contributed by atoms with Crippen molar-refractivity contribution >= 4 is 12.4 Å². The molecule has 3 heteroatoms. The first-order valence-electron chi connectivity index (χ1n) is 7.81. The number of benzene rings is 1. The van der Waals surface area contributed by atoms with Crippen molar-refractivity contribution in [1.82, 2.24) is 4.90 Å². The molecule has 1 aromatic carbocycles. The number of halogens is 1. The summed E-state index contributed by atoms with van der Waals surface area (Å²) >= 11 is 0. The number of nitrogens with zero attached hydrogens (tertiary/aromatic N) is 1. The fourth-order valence-electron chi connectivity index (χ4n) is 2.96. The van der Waals surface area contributed by atoms with Gasteiger partial charge < -0.3 is 4.74 Å². The summed E-state index contributed by atoms with van der Waals surface area (Å²) in [5.41, 5.74) is 0.996. The van der Waals surface area contributed by atoms with Crippen molar-refractivity contribution in [3.8, 4) is 11.8 Å². The lowest BCUT2D eigenvalue weighted by molar-refractivity contribution is -0.135. The van der Waals surface area contributed by atoms with Gasteiger partial charge >= 0.3 is 0 Å². The van der Waals surface area contributed by atoms with Crippen molar-refractivity contribution in [3.63, 3.8) is 0 Å². The first-order valence-corrected chi connectivity index (χ1v) is 7.81. The van der Waals surface area contributed by atoms with Crippen LogP contribution in [0.4, 0.5) is 0 Å². The summed E-state index contributed by atoms with van der Waals surface area (Å²) in [4.78, 5) is 2.24. The Kier molecular flexibility index (Phi) is 6.94. The maximum absolute atomic E-state index is 6.17. The highest BCUT2D eigenvalue weighted by Crippen LogP contribution is 2.34. The zero-order valence-electron chi connectivity index (χ0n) is 14.2. The molecule has 0 amide bonds. The minimum absolute atomic E-state index is 0. The Balaban J connectivity index is 0.00000242. The molecule has 1 fully saturated rings. The average molecular weight is 322 g/mol. The van der Waals surface area contributed by atoms with Crippen molar-refractivity contribution < 1.29 is 4.74 Å². The van der Waals surface area contributed by atoms with Crippen LogP contribution in [-0.2, 0) is 11.3 Å². The Labute approximate surface area is 141 Å². The molecule has 0 spiro atoms. The van der Waals surface area contributed by atoms with Gasteiger partial charge in [0.05, 0.1) is 12.1 Å². The van der Waals surface area contributed by atoms with Gasteiger partial charge in [0.25, 0.3) is 0 Å². The van der Waals surface area contributed by atoms with E-state index < -0.39 is 0 Å². The standard InChI is InChI=1S/C19H27NO.ClH/c1-18(2)12-8-13-19(3,21-18)14-9-15-20(4)16-17-10-6-5-7-11-17;/h5-7,10-11H,8,12-13,15-16H2,1-4H3;1H. The quantitative estimate of drug-likeness (QED) is 0.770. The van der Waals surface area contributed by atoms with Crippen LogP contribution >= 0.6 is 12.4 Å². The third-order valence-corrected chi connectivity index (χ3v) is 3.93. The molecule has 1 unspecified atom stereocenters. The normalized spacial score (nSPS) is 23.3. The second-order valence-corrected chi connectivity index (χ2v) is 6.91. The summed E-state index contributed by atoms with van der Waals surface area (Å²) in [7, 11) is 2.11. The molecule has 1 aromatic rings. The Morgan fingerprint density at radius 2 is 1.82 bits per heavy atom. The number of hydrogen-bond acceptors (Lipinski definition) is 2. The number of rotatable bonds is 3. The Bertz CT molecular complexity index is 517. The van der Waals surface area contributed by atoms with E-state index >= 15 is 0 Å². The van der Waals surface area contributed by atoms with Gasteiger partial charge in [0.2, 0.25) is 0 Å². The molecule has 122 valence electrons. The average Bonchev–Trinajstić information content (AvgIpc) is 2.38. The molecule has 1 heterocycles. The molecule has 2 nitrogen and oxygen atoms in total. The maximum Gasteiger partial charge on any atom is 0.126 e. The molecule has 1 saturated heterocycles. The Hall–Kier alpha value is -1.01. The summed E-state index contributed by atoms with van der Waals surface area (Å²) in [6.07, 6.45) is 3.35. The molecular formula is C19H28ClNO. The topological polar surface area (TPSA) is 12.5 Å². The van der Waals surface area contributed by atoms with E-state index in [1.54, 1.807) is 0 Å². The first kappa shape index (κ1) is 19.0. The maximum atomic E-state index is 6.17. The van der Waals surface area contributed by atoms with E-state index in [2.05, 4.69) is 68.8 Å². The van der Waals surface area contributed by atoms with Crippen LogP contribution in [0.15, 0.2) is 30.3 Å². The van der Waals surface area contributed by atoms with E-state index in [1.807, 2.05) is 6.07 Å². The van der Waals surface area contributed by atoms with Crippen LogP contribution in [0, 0.1) is 11.8 Å². The van der Waals surface area contributed by atoms with Crippen molar-refractivity contribution in [2.75, 3.05) is 13.6 Å². The highest BCUT2D eigenvalue weighted by Gasteiger charge is 2.35. The Morgan fingerprint density at radius 3 is 2.45 bits per heavy atom. The van der Waals surface area contributed by atoms with Crippen LogP contribution in [0.25, 0.3) is 0 Å². The van der Waals surface area contributed by atoms with Crippen LogP contribution < -0.4 is 0 Å². The van der Waals surface area contributed by atoms with Gasteiger partial charge in [-0.1, -0.05) is 42.2 Å². The van der Waals surface area contributed by atoms with E-state index in [0.717, 1.165) is 25.9 Å². The third kappa shape index (κ3) is 6.01. The van der Waals surface area contributed by atoms with Crippen LogP contribution in [0.5, 0.6) is 0 Å². The number of hydrogen-bond donors (Lipinski definition) is 0. The molecule has 0 aromatic heterocycles. The monoisotopic (exact) mass is 321 g/mol. The molecule has 1 aliphatic rings. The van der Waals surface area contributed by atoms with Crippen LogP contribution in [0.1, 0.15) is 45.6 Å². The summed E-state index contributed by atoms with van der Waals surface area (Å²) in [5, 5.41) is 0. The minimum Gasteiger partial charge on any atom is -0.357 e. The first-order chi connectivity index (χ1) is 9.89. The second-order valence-electron chi connectivity index (χ2n) is 6.91. The molecule has 0 radical (unpaired) electrons. The van der Waals surface area contributed by atoms with Gasteiger partial charge in [-0.3, -0.25) is 4.90 Å². The second kappa shape index (κ2) is 8.02. The van der Waals surface area contributed by atoms with Gasteiger partial charge in [-0.25, -0.2) is 0 Å². The molecule has 1 atom stereocenters. The fraction of sp³-hybridized carbons (Fsp3) is 0.579. The fourth-order valence-corrected chi connectivity index (χ4v) is 2.96. The molecule has 0 N–H and O–H groups in total. The molecule has 2 rings (SSSR count). The van der Waals surface area contributed by atoms with E-state index in [0.29, 0.717) is 0 Å². The van der Waals surface area contributed by atoms with Gasteiger partial charge in [0.1, 0.15) is 5.60 Å². The predicted octanol–water partition coefficient (Wildman–Crippen LogP) is 4.28. The summed E-state index contributed by atoms with van der Waals surface area (Å²) < 4.78 is 6.17. The van der Waals surface area contributed by atoms with Gasteiger partial charge in [0, 0.05) is 6.54 Å². The molecule has 22 heavy (non-hydrogen) atoms. The van der Waals surface area contributed by atoms with Gasteiger partial charge in [-0.2, -0.15) is 0 Å². The lowest BCUT2D eigenvalue weighted by atomic mass is 9.88. The van der Waals surface area contributed by atoms with Crippen molar-refractivity contribution in [3.05, 3.63) is 35.9 Å². The minimum atomic E-state index is -0.282. The molecule has 0 bridgehead atoms. The summed E-state index contributed by atoms with van der Waals surface area (Å²) in [6, 6.07) is 10.5. The third-order valence-electron chi connectivity index (χ3n) is 3.93. The van der Waals surface area contributed by atoms with Gasteiger partial charge in [-0.15, -0.1) is 12.4 Å². The predicted molar refractivity (Wildman–Crippen MR) is 95.2 cm³/mol. The van der Waals surface area contributed by atoms with Crippen LogP contribution in [-0.4, -0.2) is 29.7 Å².